The van der Waals surface area contributed by atoms with Crippen LogP contribution in [0.4, 0.5) is 11.8 Å². The number of aliphatic hydroxyl groups excluding tert-OH is 2. The zero-order valence-corrected chi connectivity index (χ0v) is 23.9. The van der Waals surface area contributed by atoms with Gasteiger partial charge in [-0.2, -0.15) is 4.98 Å². The maximum atomic E-state index is 13.2. The van der Waals surface area contributed by atoms with Gasteiger partial charge in [-0.25, -0.2) is 19.9 Å². The molecule has 0 spiro atoms. The minimum Gasteiger partial charge on any atom is -0.385 e. The Hall–Kier alpha value is -3.53. The number of nitrogens with one attached hydrogen (secondary N) is 1. The molecule has 24 heteroatoms. The number of aromatic amines is 1. The number of rotatable bonds is 10. The third-order valence-corrected chi connectivity index (χ3v) is 8.24. The van der Waals surface area contributed by atoms with Crippen LogP contribution in [0.25, 0.3) is 22.3 Å². The minimum atomic E-state index is -4.67. The van der Waals surface area contributed by atoms with Gasteiger partial charge < -0.3 is 40.8 Å². The lowest BCUT2D eigenvalue weighted by Crippen LogP contribution is -2.33. The Morgan fingerprint density at radius 2 is 1.80 bits per heavy atom. The zero-order chi connectivity index (χ0) is 31.3. The summed E-state index contributed by atoms with van der Waals surface area (Å²) in [5, 5.41) is 21.2. The average Bonchev–Trinajstić information content (AvgIpc) is 3.73. The highest BCUT2D eigenvalue weighted by Gasteiger charge is 2.47. The number of fused-ring (bicyclic) bond motifs is 2. The normalized spacial score (nSPS) is 29.0. The first kappa shape index (κ1) is 30.5. The number of hydrogen-bond donors (Lipinski definition) is 7. The monoisotopic (exact) mass is 659 g/mol. The largest absolute Gasteiger partial charge is 0.694 e. The van der Waals surface area contributed by atoms with Gasteiger partial charge in [0.1, 0.15) is 36.8 Å². The van der Waals surface area contributed by atoms with Gasteiger partial charge in [0, 0.05) is 11.0 Å². The fraction of sp³-hybridized carbons (Fsp3) is 0.500. The predicted octanol–water partition coefficient (Wildman–Crippen LogP) is -1.80. The fourth-order valence-electron chi connectivity index (χ4n) is 4.90. The summed E-state index contributed by atoms with van der Waals surface area (Å²) in [4.78, 5) is 54.3. The van der Waals surface area contributed by atoms with E-state index in [4.69, 9.17) is 39.6 Å². The average molecular weight is 659 g/mol. The molecule has 9 atom stereocenters. The maximum absolute atomic E-state index is 13.2. The zero-order valence-electron chi connectivity index (χ0n) is 22.1. The van der Waals surface area contributed by atoms with Gasteiger partial charge in [0.2, 0.25) is 5.95 Å². The number of nitrogen functional groups attached to an aromatic ring is 2. The summed E-state index contributed by atoms with van der Waals surface area (Å²) in [5.41, 5.74) is 11.1. The molecule has 0 aromatic carbocycles. The SMILES string of the molecule is Nc1nc2c(ncn2[C@@H]2O[C@H](CO[P+](=O)O)C[C@@H]2OP(=O)(O)CO[C@H]2O[C@@H](n3cnc4c(N)ncnc43)[C@@H](O)[C@H]2O)c(=O)[nH]1. The van der Waals surface area contributed by atoms with Gasteiger partial charge in [0.25, 0.3) is 5.56 Å². The molecule has 2 aliphatic rings. The minimum absolute atomic E-state index is 0.0229. The molecule has 2 unspecified atom stereocenters. The van der Waals surface area contributed by atoms with Crippen molar-refractivity contribution in [3.8, 4) is 0 Å². The summed E-state index contributed by atoms with van der Waals surface area (Å²) in [6, 6.07) is 0. The van der Waals surface area contributed by atoms with E-state index in [0.717, 1.165) is 0 Å². The van der Waals surface area contributed by atoms with Crippen molar-refractivity contribution >= 4 is 49.9 Å². The molecule has 2 aliphatic heterocycles. The Morgan fingerprint density at radius 1 is 1.07 bits per heavy atom. The molecule has 9 N–H and O–H groups in total. The molecule has 0 bridgehead atoms. The van der Waals surface area contributed by atoms with Crippen molar-refractivity contribution in [2.45, 2.75) is 49.6 Å². The van der Waals surface area contributed by atoms with Crippen LogP contribution in [0.3, 0.4) is 0 Å². The van der Waals surface area contributed by atoms with E-state index in [1.54, 1.807) is 0 Å². The lowest BCUT2D eigenvalue weighted by molar-refractivity contribution is -0.168. The number of nitrogens with zero attached hydrogens (tertiary/aromatic N) is 7. The summed E-state index contributed by atoms with van der Waals surface area (Å²) in [7, 11) is -7.64. The highest BCUT2D eigenvalue weighted by molar-refractivity contribution is 7.52. The van der Waals surface area contributed by atoms with Crippen LogP contribution in [-0.4, -0.2) is 103 Å². The standard InChI is InChI=1S/C20H24N10O12P2/c21-13-9-14(24-3-23-13)29(4-25-9)18-11(31)12(32)19(41-18)38-6-44(36,37)42-8-1-7(2-39-43(34)35)40-17(8)30-5-26-10-15(30)27-20(22)28-16(10)33/h3-5,7-8,11-12,17-19,31-32H,1-2,6H2,(H6-,21,22,23,24,27,28,33,34,35,36,37)/p+1/t7-,8-,11-,12+,17+,18+,19-/m0/s1. The fourth-order valence-corrected chi connectivity index (χ4v) is 6.20. The lowest BCUT2D eigenvalue weighted by Gasteiger charge is -2.24. The molecule has 6 heterocycles. The molecule has 22 nitrogen and oxygen atoms in total. The van der Waals surface area contributed by atoms with Crippen molar-refractivity contribution in [3.63, 3.8) is 0 Å². The molecular weight excluding hydrogens is 634 g/mol. The second kappa shape index (κ2) is 11.8. The Bertz CT molecular complexity index is 1820. The smallest absolute Gasteiger partial charge is 0.385 e. The summed E-state index contributed by atoms with van der Waals surface area (Å²) in [6.45, 7) is -0.377. The third kappa shape index (κ3) is 5.80. The van der Waals surface area contributed by atoms with Crippen LogP contribution in [0.2, 0.25) is 0 Å². The number of H-pyrrole nitrogens is 1. The van der Waals surface area contributed by atoms with Gasteiger partial charge in [0.05, 0.1) is 18.8 Å². The van der Waals surface area contributed by atoms with Crippen LogP contribution in [-0.2, 0) is 32.4 Å². The first-order chi connectivity index (χ1) is 20.9. The second-order valence-corrected chi connectivity index (χ2v) is 12.2. The van der Waals surface area contributed by atoms with E-state index in [1.165, 1.54) is 28.1 Å². The summed E-state index contributed by atoms with van der Waals surface area (Å²) in [5.74, 6) is -0.149. The molecule has 4 aromatic rings. The maximum Gasteiger partial charge on any atom is 0.694 e. The predicted molar refractivity (Wildman–Crippen MR) is 143 cm³/mol. The van der Waals surface area contributed by atoms with E-state index in [1.807, 2.05) is 0 Å². The third-order valence-electron chi connectivity index (χ3n) is 6.80. The van der Waals surface area contributed by atoms with Crippen LogP contribution in [0, 0.1) is 0 Å². The molecule has 44 heavy (non-hydrogen) atoms. The quantitative estimate of drug-likeness (QED) is 0.0923. The highest BCUT2D eigenvalue weighted by atomic mass is 31.2. The Kier molecular flexibility index (Phi) is 8.15. The van der Waals surface area contributed by atoms with Crippen molar-refractivity contribution in [1.82, 2.24) is 39.0 Å². The number of aliphatic hydroxyl groups is 2. The van der Waals surface area contributed by atoms with Crippen molar-refractivity contribution in [3.05, 3.63) is 29.3 Å². The number of imidazole rings is 2. The Morgan fingerprint density at radius 3 is 2.55 bits per heavy atom. The molecular formula is C20H25N10O12P2+. The van der Waals surface area contributed by atoms with Gasteiger partial charge in [-0.05, 0) is 0 Å². The van der Waals surface area contributed by atoms with Crippen molar-refractivity contribution in [1.29, 1.82) is 0 Å². The molecule has 6 rings (SSSR count). The molecule has 2 fully saturated rings. The topological polar surface area (TPSA) is 320 Å². The first-order valence-electron chi connectivity index (χ1n) is 12.6. The van der Waals surface area contributed by atoms with Crippen molar-refractivity contribution in [2.75, 3.05) is 24.4 Å². The molecule has 0 aliphatic carbocycles. The Balaban J connectivity index is 1.17. The summed E-state index contributed by atoms with van der Waals surface area (Å²) in [6.07, 6.45) is -6.88. The van der Waals surface area contributed by atoms with Gasteiger partial charge in [-0.1, -0.05) is 0 Å². The number of hydrogen-bond acceptors (Lipinski definition) is 17. The van der Waals surface area contributed by atoms with Gasteiger partial charge in [-0.15, -0.1) is 9.42 Å². The molecule has 2 saturated heterocycles. The van der Waals surface area contributed by atoms with E-state index in [0.29, 0.717) is 0 Å². The lowest BCUT2D eigenvalue weighted by atomic mass is 10.2. The molecule has 0 radical (unpaired) electrons. The van der Waals surface area contributed by atoms with Crippen molar-refractivity contribution in [2.24, 2.45) is 0 Å². The summed E-state index contributed by atoms with van der Waals surface area (Å²) < 4.78 is 53.8. The van der Waals surface area contributed by atoms with Gasteiger partial charge >= 0.3 is 15.9 Å². The molecule has 4 aromatic heterocycles. The van der Waals surface area contributed by atoms with Crippen LogP contribution in [0.1, 0.15) is 18.9 Å². The van der Waals surface area contributed by atoms with E-state index >= 15 is 0 Å². The van der Waals surface area contributed by atoms with E-state index in [9.17, 15) is 29.0 Å². The van der Waals surface area contributed by atoms with E-state index < -0.39 is 70.9 Å². The highest BCUT2D eigenvalue weighted by Crippen LogP contribution is 2.49. The Labute approximate surface area is 245 Å². The molecule has 0 amide bonds. The number of ether oxygens (including phenoxy) is 3. The van der Waals surface area contributed by atoms with Crippen LogP contribution >= 0.6 is 15.9 Å². The van der Waals surface area contributed by atoms with E-state index in [-0.39, 0.29) is 47.1 Å². The van der Waals surface area contributed by atoms with Crippen molar-refractivity contribution < 1.29 is 52.4 Å². The van der Waals surface area contributed by atoms with Crippen LogP contribution in [0.15, 0.2) is 23.8 Å². The first-order valence-corrected chi connectivity index (χ1v) is 15.5. The van der Waals surface area contributed by atoms with E-state index in [2.05, 4.69) is 29.9 Å². The van der Waals surface area contributed by atoms with Crippen LogP contribution in [0.5, 0.6) is 0 Å². The van der Waals surface area contributed by atoms with Crippen LogP contribution < -0.4 is 17.0 Å². The second-order valence-electron chi connectivity index (χ2n) is 9.73. The van der Waals surface area contributed by atoms with Gasteiger partial charge in [-0.3, -0.25) is 28.0 Å². The number of anilines is 2. The molecule has 236 valence electrons. The number of nitrogens with two attached hydrogens (primary N) is 2. The number of aromatic nitrogens is 8. The summed E-state index contributed by atoms with van der Waals surface area (Å²) >= 11 is 0. The van der Waals surface area contributed by atoms with Gasteiger partial charge in [0.15, 0.2) is 47.7 Å². The molecule has 0 saturated carbocycles.